The number of nitrogens with zero attached hydrogens (tertiary/aromatic N) is 3. The van der Waals surface area contributed by atoms with Crippen LogP contribution in [0.2, 0.25) is 0 Å². The Morgan fingerprint density at radius 1 is 1.19 bits per heavy atom. The fourth-order valence-corrected chi connectivity index (χ4v) is 5.58. The normalized spacial score (nSPS) is 24.7. The van der Waals surface area contributed by atoms with Crippen molar-refractivity contribution in [3.05, 3.63) is 81.5 Å². The summed E-state index contributed by atoms with van der Waals surface area (Å²) in [5.74, 6) is -0.0681. The molecule has 154 valence electrons. The number of hydrogen-bond acceptors (Lipinski definition) is 6. The SMILES string of the molecule is CN1C(=O)[C@@]2(OCc3ccccc32)[C@@](C)(c2cc(-c3cccc(C#N)c3)cs2)N=C1N. The second kappa shape index (κ2) is 6.77. The van der Waals surface area contributed by atoms with Crippen LogP contribution in [0.4, 0.5) is 0 Å². The first-order valence-corrected chi connectivity index (χ1v) is 10.7. The maximum absolute atomic E-state index is 13.7. The molecular weight excluding hydrogens is 408 g/mol. The molecule has 2 aromatic carbocycles. The third-order valence-corrected chi connectivity index (χ3v) is 7.36. The van der Waals surface area contributed by atoms with E-state index in [1.807, 2.05) is 60.8 Å². The molecule has 6 nitrogen and oxygen atoms in total. The van der Waals surface area contributed by atoms with E-state index in [0.717, 1.165) is 27.1 Å². The number of likely N-dealkylation sites (N-methyl/N-ethyl adjacent to an activating group) is 1. The number of carbonyl (C=O) groups excluding carboxylic acids is 1. The lowest BCUT2D eigenvalue weighted by atomic mass is 9.73. The standard InChI is InChI=1S/C24H20N4O2S/c1-23(20-11-18(14-31-20)16-8-5-6-15(10-16)12-25)24(21(29)28(2)22(26)27-23)19-9-4-3-7-17(19)13-30-24/h3-11,14H,13H2,1-2H3,(H2,26,27)/t23-,24-/m1/s1. The number of rotatable bonds is 2. The highest BCUT2D eigenvalue weighted by molar-refractivity contribution is 7.10. The molecule has 0 radical (unpaired) electrons. The third-order valence-electron chi connectivity index (χ3n) is 6.22. The van der Waals surface area contributed by atoms with Gasteiger partial charge in [-0.2, -0.15) is 5.26 Å². The number of nitrogens with two attached hydrogens (primary N) is 1. The third kappa shape index (κ3) is 2.59. The first-order chi connectivity index (χ1) is 14.9. The molecule has 2 aliphatic rings. The summed E-state index contributed by atoms with van der Waals surface area (Å²) in [6, 6.07) is 19.4. The Kier molecular flexibility index (Phi) is 4.26. The van der Waals surface area contributed by atoms with E-state index in [4.69, 9.17) is 15.5 Å². The highest BCUT2D eigenvalue weighted by atomic mass is 32.1. The molecule has 31 heavy (non-hydrogen) atoms. The van der Waals surface area contributed by atoms with Gasteiger partial charge >= 0.3 is 0 Å². The predicted molar refractivity (Wildman–Crippen MR) is 119 cm³/mol. The van der Waals surface area contributed by atoms with Gasteiger partial charge in [-0.05, 0) is 47.2 Å². The maximum Gasteiger partial charge on any atom is 0.268 e. The number of aliphatic imine (C=N–C) groups is 1. The first-order valence-electron chi connectivity index (χ1n) is 9.86. The highest BCUT2D eigenvalue weighted by Crippen LogP contribution is 2.55. The van der Waals surface area contributed by atoms with Crippen LogP contribution in [0.1, 0.15) is 28.5 Å². The van der Waals surface area contributed by atoms with Gasteiger partial charge in [-0.25, -0.2) is 4.99 Å². The Morgan fingerprint density at radius 2 is 2.00 bits per heavy atom. The van der Waals surface area contributed by atoms with Gasteiger partial charge in [0.25, 0.3) is 5.91 Å². The molecule has 7 heteroatoms. The summed E-state index contributed by atoms with van der Waals surface area (Å²) in [5, 5.41) is 11.3. The molecule has 2 atom stereocenters. The second-order valence-electron chi connectivity index (χ2n) is 7.93. The van der Waals surface area contributed by atoms with Crippen molar-refractivity contribution in [3.8, 4) is 17.2 Å². The summed E-state index contributed by atoms with van der Waals surface area (Å²) in [7, 11) is 1.63. The molecule has 0 saturated carbocycles. The van der Waals surface area contributed by atoms with Crippen LogP contribution in [-0.2, 0) is 27.3 Å². The average molecular weight is 429 g/mol. The lowest BCUT2D eigenvalue weighted by molar-refractivity contribution is -0.167. The number of fused-ring (bicyclic) bond motifs is 2. The molecule has 3 aromatic rings. The van der Waals surface area contributed by atoms with Gasteiger partial charge in [-0.3, -0.25) is 9.69 Å². The van der Waals surface area contributed by atoms with E-state index in [2.05, 4.69) is 6.07 Å². The van der Waals surface area contributed by atoms with E-state index in [-0.39, 0.29) is 11.9 Å². The summed E-state index contributed by atoms with van der Waals surface area (Å²) < 4.78 is 6.31. The van der Waals surface area contributed by atoms with Crippen LogP contribution < -0.4 is 5.73 Å². The van der Waals surface area contributed by atoms with Gasteiger partial charge in [0.05, 0.1) is 18.2 Å². The van der Waals surface area contributed by atoms with Crippen molar-refractivity contribution < 1.29 is 9.53 Å². The maximum atomic E-state index is 13.7. The van der Waals surface area contributed by atoms with Crippen LogP contribution in [0, 0.1) is 11.3 Å². The zero-order valence-electron chi connectivity index (χ0n) is 17.1. The minimum atomic E-state index is -1.29. The van der Waals surface area contributed by atoms with Gasteiger partial charge in [0.2, 0.25) is 5.60 Å². The number of carbonyl (C=O) groups is 1. The number of guanidine groups is 1. The quantitative estimate of drug-likeness (QED) is 0.673. The molecule has 2 aliphatic heterocycles. The van der Waals surface area contributed by atoms with Crippen molar-refractivity contribution in [1.29, 1.82) is 5.26 Å². The molecule has 0 aliphatic carbocycles. The molecule has 0 saturated heterocycles. The zero-order valence-corrected chi connectivity index (χ0v) is 17.9. The van der Waals surface area contributed by atoms with Crippen molar-refractivity contribution in [2.75, 3.05) is 7.05 Å². The Bertz CT molecular complexity index is 1290. The predicted octanol–water partition coefficient (Wildman–Crippen LogP) is 3.71. The molecule has 1 spiro atoms. The number of amides is 1. The molecule has 3 heterocycles. The number of benzene rings is 2. The number of ether oxygens (including phenoxy) is 1. The van der Waals surface area contributed by atoms with Crippen molar-refractivity contribution in [2.24, 2.45) is 10.7 Å². The van der Waals surface area contributed by atoms with E-state index in [9.17, 15) is 10.1 Å². The monoisotopic (exact) mass is 428 g/mol. The summed E-state index contributed by atoms with van der Waals surface area (Å²) in [6.45, 7) is 2.25. The lowest BCUT2D eigenvalue weighted by Gasteiger charge is -2.46. The van der Waals surface area contributed by atoms with Crippen molar-refractivity contribution in [1.82, 2.24) is 4.90 Å². The summed E-state index contributed by atoms with van der Waals surface area (Å²) in [4.78, 5) is 20.7. The zero-order chi connectivity index (χ0) is 21.8. The van der Waals surface area contributed by atoms with Crippen LogP contribution in [0.15, 0.2) is 65.0 Å². The molecule has 0 unspecified atom stereocenters. The molecule has 1 amide bonds. The smallest absolute Gasteiger partial charge is 0.268 e. The van der Waals surface area contributed by atoms with Gasteiger partial charge in [-0.1, -0.05) is 36.4 Å². The van der Waals surface area contributed by atoms with Crippen LogP contribution in [0.5, 0.6) is 0 Å². The minimum absolute atomic E-state index is 0.160. The van der Waals surface area contributed by atoms with Crippen LogP contribution in [0.3, 0.4) is 0 Å². The van der Waals surface area contributed by atoms with Crippen molar-refractivity contribution in [2.45, 2.75) is 24.7 Å². The Hall–Kier alpha value is -3.47. The first kappa shape index (κ1) is 19.5. The molecule has 2 N–H and O–H groups in total. The Morgan fingerprint density at radius 3 is 2.81 bits per heavy atom. The molecule has 5 rings (SSSR count). The number of nitriles is 1. The average Bonchev–Trinajstić information content (AvgIpc) is 3.44. The summed E-state index contributed by atoms with van der Waals surface area (Å²) in [5.41, 5.74) is 8.13. The number of hydrogen-bond donors (Lipinski definition) is 1. The van der Waals surface area contributed by atoms with Crippen molar-refractivity contribution in [3.63, 3.8) is 0 Å². The molecule has 0 bridgehead atoms. The number of thiophene rings is 1. The van der Waals surface area contributed by atoms with Gasteiger partial charge in [0.15, 0.2) is 5.96 Å². The minimum Gasteiger partial charge on any atom is -0.369 e. The largest absolute Gasteiger partial charge is 0.369 e. The highest BCUT2D eigenvalue weighted by Gasteiger charge is 2.64. The fourth-order valence-electron chi connectivity index (χ4n) is 4.50. The van der Waals surface area contributed by atoms with E-state index >= 15 is 0 Å². The summed E-state index contributed by atoms with van der Waals surface area (Å²) >= 11 is 1.51. The fraction of sp³-hybridized carbons (Fsp3) is 0.208. The van der Waals surface area contributed by atoms with Gasteiger partial charge in [-0.15, -0.1) is 11.3 Å². The van der Waals surface area contributed by atoms with Crippen LogP contribution in [-0.4, -0.2) is 23.8 Å². The van der Waals surface area contributed by atoms with Gasteiger partial charge < -0.3 is 10.5 Å². The Balaban J connectivity index is 1.71. The Labute approximate surface area is 184 Å². The van der Waals surface area contributed by atoms with Crippen LogP contribution >= 0.6 is 11.3 Å². The lowest BCUT2D eigenvalue weighted by Crippen LogP contribution is -2.63. The summed E-state index contributed by atoms with van der Waals surface area (Å²) in [6.07, 6.45) is 0. The van der Waals surface area contributed by atoms with E-state index in [1.165, 1.54) is 16.2 Å². The van der Waals surface area contributed by atoms with Gasteiger partial charge in [0, 0.05) is 17.5 Å². The second-order valence-corrected chi connectivity index (χ2v) is 8.84. The van der Waals surface area contributed by atoms with Gasteiger partial charge in [0.1, 0.15) is 5.54 Å². The topological polar surface area (TPSA) is 91.7 Å². The van der Waals surface area contributed by atoms with E-state index in [0.29, 0.717) is 12.2 Å². The molecule has 0 fully saturated rings. The van der Waals surface area contributed by atoms with E-state index < -0.39 is 11.1 Å². The van der Waals surface area contributed by atoms with Crippen molar-refractivity contribution >= 4 is 23.2 Å². The molecule has 1 aromatic heterocycles. The molecular formula is C24H20N4O2S. The van der Waals surface area contributed by atoms with Crippen LogP contribution in [0.25, 0.3) is 11.1 Å². The van der Waals surface area contributed by atoms with E-state index in [1.54, 1.807) is 13.1 Å².